The van der Waals surface area contributed by atoms with Crippen LogP contribution in [0.4, 0.5) is 11.6 Å². The minimum absolute atomic E-state index is 0.0144. The Balaban J connectivity index is 1.59. The summed E-state index contributed by atoms with van der Waals surface area (Å²) in [6, 6.07) is 16.4. The summed E-state index contributed by atoms with van der Waals surface area (Å²) in [7, 11) is 0. The van der Waals surface area contributed by atoms with E-state index in [1.165, 1.54) is 10.2 Å². The zero-order valence-corrected chi connectivity index (χ0v) is 15.7. The molecule has 2 N–H and O–H groups in total. The van der Waals surface area contributed by atoms with Gasteiger partial charge in [0.2, 0.25) is 17.8 Å². The Morgan fingerprint density at radius 1 is 1.14 bits per heavy atom. The Morgan fingerprint density at radius 3 is 2.54 bits per heavy atom. The van der Waals surface area contributed by atoms with Crippen molar-refractivity contribution >= 4 is 23.5 Å². The number of fused-ring (bicyclic) bond motifs is 1. The van der Waals surface area contributed by atoms with Gasteiger partial charge in [-0.15, -0.1) is 5.10 Å². The van der Waals surface area contributed by atoms with E-state index in [1.54, 1.807) is 0 Å². The molecule has 28 heavy (non-hydrogen) atoms. The second-order valence-corrected chi connectivity index (χ2v) is 7.10. The lowest BCUT2D eigenvalue weighted by Gasteiger charge is -2.22. The van der Waals surface area contributed by atoms with Crippen molar-refractivity contribution in [3.05, 3.63) is 60.2 Å². The van der Waals surface area contributed by atoms with Crippen LogP contribution in [-0.4, -0.2) is 26.6 Å². The fourth-order valence-electron chi connectivity index (χ4n) is 3.15. The van der Waals surface area contributed by atoms with Crippen LogP contribution in [0.25, 0.3) is 11.4 Å². The minimum Gasteiger partial charge on any atom is -0.324 e. The maximum atomic E-state index is 12.9. The van der Waals surface area contributed by atoms with Gasteiger partial charge in [-0.2, -0.15) is 4.98 Å². The van der Waals surface area contributed by atoms with E-state index in [2.05, 4.69) is 34.6 Å². The Hall–Kier alpha value is -3.48. The first kappa shape index (κ1) is 17.9. The molecule has 142 valence electrons. The van der Waals surface area contributed by atoms with E-state index in [4.69, 9.17) is 0 Å². The average molecular weight is 375 g/mol. The number of carbonyl (C=O) groups excluding carboxylic acids is 2. The van der Waals surface area contributed by atoms with E-state index >= 15 is 0 Å². The van der Waals surface area contributed by atoms with Gasteiger partial charge in [-0.3, -0.25) is 14.9 Å². The monoisotopic (exact) mass is 375 g/mol. The van der Waals surface area contributed by atoms with Gasteiger partial charge in [-0.1, -0.05) is 56.3 Å². The molecule has 2 heterocycles. The molecule has 7 nitrogen and oxygen atoms in total. The van der Waals surface area contributed by atoms with Crippen LogP contribution < -0.4 is 10.6 Å². The molecule has 1 atom stereocenters. The number of carbonyl (C=O) groups is 2. The molecular formula is C21H21N5O2. The largest absolute Gasteiger partial charge is 0.324 e. The van der Waals surface area contributed by atoms with Gasteiger partial charge in [0.25, 0.3) is 0 Å². The van der Waals surface area contributed by atoms with Gasteiger partial charge >= 0.3 is 0 Å². The van der Waals surface area contributed by atoms with Gasteiger partial charge in [-0.05, 0) is 23.6 Å². The standard InChI is InChI=1S/C21H21N5O2/c1-13(2)14-8-10-16(11-9-14)22-20(28)17-12-18(27)23-21-24-19(25-26(17)21)15-6-4-3-5-7-15/h3-11,13,17H,12H2,1-2H3,(H,22,28)(H,23,24,25,27). The second kappa shape index (κ2) is 7.26. The third kappa shape index (κ3) is 3.51. The fourth-order valence-corrected chi connectivity index (χ4v) is 3.15. The van der Waals surface area contributed by atoms with Crippen molar-refractivity contribution in [3.8, 4) is 11.4 Å². The molecular weight excluding hydrogens is 354 g/mol. The van der Waals surface area contributed by atoms with E-state index < -0.39 is 6.04 Å². The van der Waals surface area contributed by atoms with Crippen molar-refractivity contribution in [2.75, 3.05) is 10.6 Å². The van der Waals surface area contributed by atoms with E-state index in [1.807, 2.05) is 54.6 Å². The molecule has 0 saturated carbocycles. The zero-order valence-electron chi connectivity index (χ0n) is 15.7. The number of nitrogens with one attached hydrogen (secondary N) is 2. The molecule has 0 radical (unpaired) electrons. The summed E-state index contributed by atoms with van der Waals surface area (Å²) in [5, 5.41) is 10.0. The van der Waals surface area contributed by atoms with Gasteiger partial charge in [0.1, 0.15) is 6.04 Å². The van der Waals surface area contributed by atoms with E-state index in [0.717, 1.165) is 5.56 Å². The third-order valence-electron chi connectivity index (χ3n) is 4.74. The van der Waals surface area contributed by atoms with Gasteiger partial charge < -0.3 is 5.32 Å². The maximum absolute atomic E-state index is 12.9. The molecule has 4 rings (SSSR count). The predicted molar refractivity (Wildman–Crippen MR) is 107 cm³/mol. The summed E-state index contributed by atoms with van der Waals surface area (Å²) in [4.78, 5) is 29.3. The Labute approximate surface area is 162 Å². The lowest BCUT2D eigenvalue weighted by Crippen LogP contribution is -2.36. The third-order valence-corrected chi connectivity index (χ3v) is 4.74. The van der Waals surface area contributed by atoms with Gasteiger partial charge in [0.05, 0.1) is 6.42 Å². The molecule has 1 aliphatic rings. The molecule has 3 aromatic rings. The van der Waals surface area contributed by atoms with E-state index in [-0.39, 0.29) is 24.2 Å². The van der Waals surface area contributed by atoms with Crippen molar-refractivity contribution in [3.63, 3.8) is 0 Å². The highest BCUT2D eigenvalue weighted by molar-refractivity contribution is 6.00. The predicted octanol–water partition coefficient (Wildman–Crippen LogP) is 3.59. The summed E-state index contributed by atoms with van der Waals surface area (Å²) in [6.45, 7) is 4.23. The minimum atomic E-state index is -0.751. The molecule has 2 aromatic carbocycles. The molecule has 0 spiro atoms. The molecule has 1 aromatic heterocycles. The smallest absolute Gasteiger partial charge is 0.249 e. The zero-order chi connectivity index (χ0) is 19.7. The first-order valence-electron chi connectivity index (χ1n) is 9.24. The summed E-state index contributed by atoms with van der Waals surface area (Å²) in [5.41, 5.74) is 2.70. The number of benzene rings is 2. The first-order chi connectivity index (χ1) is 13.5. The lowest BCUT2D eigenvalue weighted by molar-refractivity contribution is -0.125. The number of nitrogens with zero attached hydrogens (tertiary/aromatic N) is 3. The van der Waals surface area contributed by atoms with Crippen LogP contribution in [-0.2, 0) is 9.59 Å². The van der Waals surface area contributed by atoms with Crippen molar-refractivity contribution in [1.82, 2.24) is 14.8 Å². The molecule has 0 bridgehead atoms. The van der Waals surface area contributed by atoms with Crippen LogP contribution in [0.5, 0.6) is 0 Å². The highest BCUT2D eigenvalue weighted by Gasteiger charge is 2.33. The van der Waals surface area contributed by atoms with E-state index in [0.29, 0.717) is 17.4 Å². The summed E-state index contributed by atoms with van der Waals surface area (Å²) in [6.07, 6.45) is 0.0144. The van der Waals surface area contributed by atoms with Gasteiger partial charge in [0.15, 0.2) is 5.82 Å². The second-order valence-electron chi connectivity index (χ2n) is 7.10. The Bertz CT molecular complexity index is 1010. The molecule has 0 fully saturated rings. The number of amides is 2. The van der Waals surface area contributed by atoms with Crippen LogP contribution in [0.2, 0.25) is 0 Å². The average Bonchev–Trinajstić information content (AvgIpc) is 3.12. The van der Waals surface area contributed by atoms with Crippen molar-refractivity contribution < 1.29 is 9.59 Å². The SMILES string of the molecule is CC(C)c1ccc(NC(=O)C2CC(=O)Nc3nc(-c4ccccc4)nn32)cc1. The van der Waals surface area contributed by atoms with Crippen LogP contribution >= 0.6 is 0 Å². The molecule has 7 heteroatoms. The van der Waals surface area contributed by atoms with Gasteiger partial charge in [0, 0.05) is 11.3 Å². The van der Waals surface area contributed by atoms with Crippen molar-refractivity contribution in [2.45, 2.75) is 32.2 Å². The molecule has 1 unspecified atom stereocenters. The van der Waals surface area contributed by atoms with Crippen molar-refractivity contribution in [1.29, 1.82) is 0 Å². The normalized spacial score (nSPS) is 15.8. The van der Waals surface area contributed by atoms with Crippen LogP contribution in [0.3, 0.4) is 0 Å². The van der Waals surface area contributed by atoms with E-state index in [9.17, 15) is 9.59 Å². The summed E-state index contributed by atoms with van der Waals surface area (Å²) in [5.74, 6) is 0.621. The number of hydrogen-bond donors (Lipinski definition) is 2. The first-order valence-corrected chi connectivity index (χ1v) is 9.24. The summed E-state index contributed by atoms with van der Waals surface area (Å²) >= 11 is 0. The van der Waals surface area contributed by atoms with Crippen LogP contribution in [0.1, 0.15) is 37.8 Å². The summed E-state index contributed by atoms with van der Waals surface area (Å²) < 4.78 is 1.49. The Kier molecular flexibility index (Phi) is 4.65. The lowest BCUT2D eigenvalue weighted by atomic mass is 10.0. The number of hydrogen-bond acceptors (Lipinski definition) is 4. The molecule has 0 saturated heterocycles. The highest BCUT2D eigenvalue weighted by Crippen LogP contribution is 2.27. The van der Waals surface area contributed by atoms with Gasteiger partial charge in [-0.25, -0.2) is 4.68 Å². The maximum Gasteiger partial charge on any atom is 0.249 e. The number of rotatable bonds is 4. The topological polar surface area (TPSA) is 88.9 Å². The van der Waals surface area contributed by atoms with Crippen LogP contribution in [0.15, 0.2) is 54.6 Å². The number of aromatic nitrogens is 3. The molecule has 0 aliphatic carbocycles. The number of anilines is 2. The quantitative estimate of drug-likeness (QED) is 0.729. The molecule has 2 amide bonds. The molecule has 1 aliphatic heterocycles. The van der Waals surface area contributed by atoms with Crippen LogP contribution in [0, 0.1) is 0 Å². The van der Waals surface area contributed by atoms with Crippen molar-refractivity contribution in [2.24, 2.45) is 0 Å². The fraction of sp³-hybridized carbons (Fsp3) is 0.238. The Morgan fingerprint density at radius 2 is 1.86 bits per heavy atom. The highest BCUT2D eigenvalue weighted by atomic mass is 16.2.